The van der Waals surface area contributed by atoms with Gasteiger partial charge >= 0.3 is 75.8 Å². The van der Waals surface area contributed by atoms with Crippen molar-refractivity contribution in [1.29, 1.82) is 0 Å². The van der Waals surface area contributed by atoms with Crippen molar-refractivity contribution in [2.75, 3.05) is 8.86 Å². The zero-order valence-corrected chi connectivity index (χ0v) is 9.28. The molecule has 0 bridgehead atoms. The molecule has 1 aliphatic heterocycles. The molecule has 0 N–H and O–H groups in total. The molecule has 0 amide bonds. The standard InChI is InChI=1S/C10H15I/c1-10(4-5-10)11-6-8-2-3-9(8)7-11/h2-7H2,1H3. The first-order valence-electron chi connectivity index (χ1n) is 4.59. The van der Waals surface area contributed by atoms with Gasteiger partial charge in [0.25, 0.3) is 0 Å². The summed E-state index contributed by atoms with van der Waals surface area (Å²) in [5, 5.41) is 0. The molecule has 0 aromatic heterocycles. The molecular weight excluding hydrogens is 247 g/mol. The van der Waals surface area contributed by atoms with Gasteiger partial charge in [0.1, 0.15) is 0 Å². The van der Waals surface area contributed by atoms with Crippen LogP contribution in [0.2, 0.25) is 0 Å². The average molecular weight is 262 g/mol. The van der Waals surface area contributed by atoms with Crippen LogP contribution in [0.1, 0.15) is 32.6 Å². The third-order valence-corrected chi connectivity index (χ3v) is 11.9. The first kappa shape index (κ1) is 6.93. The van der Waals surface area contributed by atoms with Gasteiger partial charge in [-0.15, -0.1) is 0 Å². The SMILES string of the molecule is CC1(I2CC3=C(CC3)C2)CC1. The number of hydrogen-bond acceptors (Lipinski definition) is 0. The second-order valence-corrected chi connectivity index (χ2v) is 11.1. The second kappa shape index (κ2) is 2.04. The van der Waals surface area contributed by atoms with E-state index in [0.717, 1.165) is 3.42 Å². The van der Waals surface area contributed by atoms with Gasteiger partial charge in [0, 0.05) is 0 Å². The van der Waals surface area contributed by atoms with Crippen molar-refractivity contribution in [3.8, 4) is 0 Å². The molecule has 1 saturated carbocycles. The summed E-state index contributed by atoms with van der Waals surface area (Å²) in [6.45, 7) is 2.56. The molecule has 3 rings (SSSR count). The molecule has 62 valence electrons. The van der Waals surface area contributed by atoms with E-state index in [4.69, 9.17) is 0 Å². The molecule has 3 aliphatic rings. The van der Waals surface area contributed by atoms with E-state index < -0.39 is 19.8 Å². The molecule has 1 heterocycles. The molecule has 2 aliphatic carbocycles. The van der Waals surface area contributed by atoms with E-state index in [-0.39, 0.29) is 0 Å². The fourth-order valence-corrected chi connectivity index (χ4v) is 9.97. The summed E-state index contributed by atoms with van der Waals surface area (Å²) in [7, 11) is 0. The molecule has 0 radical (unpaired) electrons. The third-order valence-electron chi connectivity index (χ3n) is 3.46. The summed E-state index contributed by atoms with van der Waals surface area (Å²) >= 11 is -0.458. The Kier molecular flexibility index (Phi) is 1.28. The number of alkyl halides is 3. The first-order chi connectivity index (χ1) is 5.28. The molecule has 0 atom stereocenters. The Morgan fingerprint density at radius 1 is 1.09 bits per heavy atom. The monoisotopic (exact) mass is 262 g/mol. The van der Waals surface area contributed by atoms with Crippen molar-refractivity contribution in [3.63, 3.8) is 0 Å². The second-order valence-electron chi connectivity index (χ2n) is 4.34. The number of allylic oxidation sites excluding steroid dienone is 2. The topological polar surface area (TPSA) is 0 Å². The van der Waals surface area contributed by atoms with Crippen LogP contribution < -0.4 is 0 Å². The van der Waals surface area contributed by atoms with Gasteiger partial charge < -0.3 is 0 Å². The summed E-state index contributed by atoms with van der Waals surface area (Å²) in [6, 6.07) is 0. The Bertz CT molecular complexity index is 219. The first-order valence-corrected chi connectivity index (χ1v) is 8.72. The number of hydrogen-bond donors (Lipinski definition) is 0. The normalized spacial score (nSPS) is 35.2. The van der Waals surface area contributed by atoms with Crippen molar-refractivity contribution in [1.82, 2.24) is 0 Å². The summed E-state index contributed by atoms with van der Waals surface area (Å²) in [6.07, 6.45) is 6.13. The van der Waals surface area contributed by atoms with E-state index in [2.05, 4.69) is 6.92 Å². The van der Waals surface area contributed by atoms with Crippen LogP contribution in [0.4, 0.5) is 0 Å². The van der Waals surface area contributed by atoms with E-state index in [9.17, 15) is 0 Å². The number of halogens is 1. The molecule has 0 saturated heterocycles. The Hall–Kier alpha value is 0.470. The fraction of sp³-hybridized carbons (Fsp3) is 0.800. The van der Waals surface area contributed by atoms with Gasteiger partial charge in [-0.25, -0.2) is 0 Å². The van der Waals surface area contributed by atoms with Crippen molar-refractivity contribution in [2.24, 2.45) is 0 Å². The van der Waals surface area contributed by atoms with Crippen LogP contribution in [0.15, 0.2) is 11.1 Å². The third kappa shape index (κ3) is 0.927. The fourth-order valence-electron chi connectivity index (χ4n) is 2.00. The van der Waals surface area contributed by atoms with Crippen molar-refractivity contribution < 1.29 is 0 Å². The average Bonchev–Trinajstić information content (AvgIpc) is 2.59. The molecular formula is C10H15I. The minimum atomic E-state index is -0.458. The predicted octanol–water partition coefficient (Wildman–Crippen LogP) is 3.15. The van der Waals surface area contributed by atoms with E-state index in [0.29, 0.717) is 0 Å². The molecule has 11 heavy (non-hydrogen) atoms. The van der Waals surface area contributed by atoms with Crippen LogP contribution in [0.25, 0.3) is 0 Å². The van der Waals surface area contributed by atoms with E-state index in [1.165, 1.54) is 12.8 Å². The van der Waals surface area contributed by atoms with Crippen LogP contribution in [0, 0.1) is 0 Å². The van der Waals surface area contributed by atoms with Gasteiger partial charge in [-0.1, -0.05) is 0 Å². The Morgan fingerprint density at radius 2 is 1.64 bits per heavy atom. The Morgan fingerprint density at radius 3 is 2.00 bits per heavy atom. The van der Waals surface area contributed by atoms with E-state index in [1.807, 2.05) is 11.1 Å². The van der Waals surface area contributed by atoms with Crippen molar-refractivity contribution >= 4 is 19.8 Å². The Balaban J connectivity index is 1.77. The van der Waals surface area contributed by atoms with E-state index in [1.54, 1.807) is 21.7 Å². The van der Waals surface area contributed by atoms with Crippen molar-refractivity contribution in [3.05, 3.63) is 11.1 Å². The van der Waals surface area contributed by atoms with Crippen LogP contribution in [0.3, 0.4) is 0 Å². The van der Waals surface area contributed by atoms with Gasteiger partial charge in [0.2, 0.25) is 0 Å². The van der Waals surface area contributed by atoms with Gasteiger partial charge in [-0.05, 0) is 0 Å². The van der Waals surface area contributed by atoms with Gasteiger partial charge in [0.15, 0.2) is 0 Å². The quantitative estimate of drug-likeness (QED) is 0.387. The van der Waals surface area contributed by atoms with E-state index >= 15 is 0 Å². The molecule has 1 fully saturated rings. The van der Waals surface area contributed by atoms with Crippen LogP contribution >= 0.6 is 19.8 Å². The van der Waals surface area contributed by atoms with Crippen LogP contribution in [-0.2, 0) is 0 Å². The molecule has 0 nitrogen and oxygen atoms in total. The maximum atomic E-state index is 2.56. The number of rotatable bonds is 1. The molecule has 1 heteroatoms. The molecule has 0 unspecified atom stereocenters. The zero-order chi connectivity index (χ0) is 7.47. The summed E-state index contributed by atoms with van der Waals surface area (Å²) in [4.78, 5) is 0. The maximum absolute atomic E-state index is 2.56. The van der Waals surface area contributed by atoms with Crippen LogP contribution in [-0.4, -0.2) is 12.3 Å². The van der Waals surface area contributed by atoms with Gasteiger partial charge in [0.05, 0.1) is 0 Å². The Labute approximate surface area is 75.8 Å². The van der Waals surface area contributed by atoms with Gasteiger partial charge in [-0.3, -0.25) is 0 Å². The van der Waals surface area contributed by atoms with Crippen molar-refractivity contribution in [2.45, 2.75) is 36.0 Å². The minimum absolute atomic E-state index is 0.458. The predicted molar refractivity (Wildman–Crippen MR) is 57.7 cm³/mol. The van der Waals surface area contributed by atoms with Gasteiger partial charge in [-0.2, -0.15) is 0 Å². The molecule has 0 spiro atoms. The zero-order valence-electron chi connectivity index (χ0n) is 7.12. The van der Waals surface area contributed by atoms with Crippen LogP contribution in [0.5, 0.6) is 0 Å². The summed E-state index contributed by atoms with van der Waals surface area (Å²) in [5.74, 6) is 0. The summed E-state index contributed by atoms with van der Waals surface area (Å²) < 4.78 is 4.22. The summed E-state index contributed by atoms with van der Waals surface area (Å²) in [5.41, 5.74) is 3.84. The molecule has 0 aromatic carbocycles. The molecule has 0 aromatic rings.